The summed E-state index contributed by atoms with van der Waals surface area (Å²) in [5.74, 6) is 2.60. The summed E-state index contributed by atoms with van der Waals surface area (Å²) in [6.07, 6.45) is 7.89. The van der Waals surface area contributed by atoms with Crippen molar-refractivity contribution in [2.45, 2.75) is 43.5 Å². The molecule has 0 aromatic heterocycles. The van der Waals surface area contributed by atoms with Gasteiger partial charge in [-0.15, -0.1) is 0 Å². The lowest BCUT2D eigenvalue weighted by Crippen LogP contribution is -2.40. The van der Waals surface area contributed by atoms with Gasteiger partial charge in [0.1, 0.15) is 0 Å². The van der Waals surface area contributed by atoms with Gasteiger partial charge in [-0.05, 0) is 80.3 Å². The molecule has 2 aliphatic rings. The van der Waals surface area contributed by atoms with E-state index in [0.717, 1.165) is 12.3 Å². The van der Waals surface area contributed by atoms with E-state index < -0.39 is 10.0 Å². The van der Waals surface area contributed by atoms with E-state index in [1.165, 1.54) is 44.6 Å². The van der Waals surface area contributed by atoms with Gasteiger partial charge in [-0.25, -0.2) is 13.1 Å². The molecule has 0 radical (unpaired) electrons. The second kappa shape index (κ2) is 10.2. The van der Waals surface area contributed by atoms with Crippen molar-refractivity contribution in [1.29, 1.82) is 0 Å². The molecule has 7 nitrogen and oxygen atoms in total. The highest BCUT2D eigenvalue weighted by Crippen LogP contribution is 2.49. The monoisotopic (exact) mass is 484 g/mol. The highest BCUT2D eigenvalue weighted by molar-refractivity contribution is 7.89. The van der Waals surface area contributed by atoms with Crippen LogP contribution in [0.15, 0.2) is 53.4 Å². The lowest BCUT2D eigenvalue weighted by molar-refractivity contribution is -0.111. The second-order valence-electron chi connectivity index (χ2n) is 9.18. The Balaban J connectivity index is 1.37. The van der Waals surface area contributed by atoms with Crippen LogP contribution in [0.1, 0.15) is 38.2 Å². The summed E-state index contributed by atoms with van der Waals surface area (Å²) < 4.78 is 39.3. The topological polar surface area (TPSA) is 93.7 Å². The van der Waals surface area contributed by atoms with Crippen molar-refractivity contribution < 1.29 is 22.7 Å². The van der Waals surface area contributed by atoms with Crippen LogP contribution >= 0.6 is 0 Å². The lowest BCUT2D eigenvalue weighted by Gasteiger charge is -2.28. The van der Waals surface area contributed by atoms with E-state index in [-0.39, 0.29) is 16.8 Å². The van der Waals surface area contributed by atoms with Gasteiger partial charge in [-0.2, -0.15) is 0 Å². The zero-order valence-electron chi connectivity index (χ0n) is 19.8. The van der Waals surface area contributed by atoms with Gasteiger partial charge in [0, 0.05) is 23.4 Å². The number of carbonyl (C=O) groups is 1. The van der Waals surface area contributed by atoms with Gasteiger partial charge in [-0.1, -0.05) is 18.6 Å². The van der Waals surface area contributed by atoms with Crippen molar-refractivity contribution in [3.8, 4) is 11.5 Å². The zero-order chi connectivity index (χ0) is 24.3. The summed E-state index contributed by atoms with van der Waals surface area (Å²) in [7, 11) is -0.530. The number of fused-ring (bicyclic) bond motifs is 2. The largest absolute Gasteiger partial charge is 0.493 e. The van der Waals surface area contributed by atoms with E-state index in [9.17, 15) is 13.2 Å². The molecule has 8 heteroatoms. The molecule has 0 aliphatic heterocycles. The Hall–Kier alpha value is -2.84. The third kappa shape index (κ3) is 5.28. The average molecular weight is 485 g/mol. The molecule has 0 unspecified atom stereocenters. The van der Waals surface area contributed by atoms with E-state index >= 15 is 0 Å². The molecule has 2 N–H and O–H groups in total. The van der Waals surface area contributed by atoms with Gasteiger partial charge in [0.2, 0.25) is 15.9 Å². The number of sulfonamides is 1. The Morgan fingerprint density at radius 2 is 1.82 bits per heavy atom. The molecule has 2 aromatic carbocycles. The van der Waals surface area contributed by atoms with E-state index in [2.05, 4.69) is 10.0 Å². The number of nitrogens with one attached hydrogen (secondary N) is 2. The number of benzene rings is 2. The maximum absolute atomic E-state index is 12.9. The number of carbonyl (C=O) groups excluding carboxylic acids is 1. The van der Waals surface area contributed by atoms with E-state index in [1.807, 2.05) is 19.1 Å². The third-order valence-electron chi connectivity index (χ3n) is 7.06. The van der Waals surface area contributed by atoms with Crippen molar-refractivity contribution in [3.63, 3.8) is 0 Å². The molecule has 2 aliphatic carbocycles. The predicted molar refractivity (Wildman–Crippen MR) is 132 cm³/mol. The molecule has 1 amide bonds. The minimum atomic E-state index is -3.62. The number of ether oxygens (including phenoxy) is 2. The second-order valence-corrected chi connectivity index (χ2v) is 10.9. The maximum atomic E-state index is 12.9. The molecule has 182 valence electrons. The van der Waals surface area contributed by atoms with Crippen LogP contribution in [0.2, 0.25) is 0 Å². The van der Waals surface area contributed by atoms with Crippen LogP contribution in [0.25, 0.3) is 6.08 Å². The Labute approximate surface area is 201 Å². The van der Waals surface area contributed by atoms with Crippen LogP contribution in [0.3, 0.4) is 0 Å². The SMILES string of the molecule is COc1cccc(/C=C/C(=O)Nc2ccc(S(=O)(=O)N[C@@H](C)[C@H]3C[C@@H]4CC[C@@H]3C4)cc2)c1OC. The summed E-state index contributed by atoms with van der Waals surface area (Å²) in [4.78, 5) is 12.6. The number of methoxy groups -OCH3 is 2. The summed E-state index contributed by atoms with van der Waals surface area (Å²) in [6.45, 7) is 1.97. The number of amides is 1. The Kier molecular flexibility index (Phi) is 7.28. The van der Waals surface area contributed by atoms with E-state index in [1.54, 1.807) is 31.4 Å². The normalized spacial score (nSPS) is 22.6. The Bertz CT molecular complexity index is 1160. The molecular formula is C26H32N2O5S. The standard InChI is InChI=1S/C26H32N2O5S/c1-17(23-16-18-7-8-20(23)15-18)28-34(30,31)22-12-10-21(11-13-22)27-25(29)14-9-19-5-4-6-24(32-2)26(19)33-3/h4-6,9-14,17-18,20,23,28H,7-8,15-16H2,1-3H3,(H,27,29)/b14-9+/t17-,18+,20+,23+/m0/s1. The highest BCUT2D eigenvalue weighted by Gasteiger charge is 2.42. The van der Waals surface area contributed by atoms with Gasteiger partial charge >= 0.3 is 0 Å². The van der Waals surface area contributed by atoms with Crippen LogP contribution in [0.5, 0.6) is 11.5 Å². The van der Waals surface area contributed by atoms with Crippen molar-refractivity contribution in [2.75, 3.05) is 19.5 Å². The number of anilines is 1. The average Bonchev–Trinajstić information content (AvgIpc) is 3.46. The highest BCUT2D eigenvalue weighted by atomic mass is 32.2. The fourth-order valence-corrected chi connectivity index (χ4v) is 6.71. The van der Waals surface area contributed by atoms with E-state index in [0.29, 0.717) is 34.6 Å². The first-order chi connectivity index (χ1) is 16.3. The summed E-state index contributed by atoms with van der Waals surface area (Å²) in [5, 5.41) is 2.75. The molecule has 4 atom stereocenters. The maximum Gasteiger partial charge on any atom is 0.248 e. The molecule has 2 fully saturated rings. The van der Waals surface area contributed by atoms with Crippen molar-refractivity contribution >= 4 is 27.7 Å². The number of rotatable bonds is 9. The van der Waals surface area contributed by atoms with E-state index in [4.69, 9.17) is 9.47 Å². The molecule has 0 spiro atoms. The Morgan fingerprint density at radius 1 is 1.06 bits per heavy atom. The quantitative estimate of drug-likeness (QED) is 0.513. The summed E-state index contributed by atoms with van der Waals surface area (Å²) in [5.41, 5.74) is 1.21. The van der Waals surface area contributed by atoms with Crippen LogP contribution < -0.4 is 19.5 Å². The molecule has 34 heavy (non-hydrogen) atoms. The molecule has 4 rings (SSSR count). The van der Waals surface area contributed by atoms with Crippen LogP contribution in [0.4, 0.5) is 5.69 Å². The van der Waals surface area contributed by atoms with Gasteiger partial charge in [0.05, 0.1) is 19.1 Å². The smallest absolute Gasteiger partial charge is 0.248 e. The molecule has 2 bridgehead atoms. The van der Waals surface area contributed by atoms with Gasteiger partial charge in [0.25, 0.3) is 0 Å². The molecule has 2 saturated carbocycles. The van der Waals surface area contributed by atoms with Crippen molar-refractivity contribution in [1.82, 2.24) is 4.72 Å². The van der Waals surface area contributed by atoms with Crippen molar-refractivity contribution in [2.24, 2.45) is 17.8 Å². The molecule has 2 aromatic rings. The summed E-state index contributed by atoms with van der Waals surface area (Å²) >= 11 is 0. The number of hydrogen-bond donors (Lipinski definition) is 2. The summed E-state index contributed by atoms with van der Waals surface area (Å²) in [6, 6.07) is 11.5. The zero-order valence-corrected chi connectivity index (χ0v) is 20.6. The van der Waals surface area contributed by atoms with Crippen LogP contribution in [0, 0.1) is 17.8 Å². The molecule has 0 saturated heterocycles. The molecular weight excluding hydrogens is 452 g/mol. The lowest BCUT2D eigenvalue weighted by atomic mass is 9.84. The van der Waals surface area contributed by atoms with Crippen molar-refractivity contribution in [3.05, 3.63) is 54.1 Å². The minimum absolute atomic E-state index is 0.0848. The first-order valence-corrected chi connectivity index (χ1v) is 13.1. The predicted octanol–water partition coefficient (Wildman–Crippen LogP) is 4.46. The van der Waals surface area contributed by atoms with Gasteiger partial charge < -0.3 is 14.8 Å². The third-order valence-corrected chi connectivity index (χ3v) is 8.63. The Morgan fingerprint density at radius 3 is 2.44 bits per heavy atom. The van der Waals surface area contributed by atoms with Crippen LogP contribution in [-0.2, 0) is 14.8 Å². The van der Waals surface area contributed by atoms with Gasteiger partial charge in [-0.3, -0.25) is 4.79 Å². The molecule has 0 heterocycles. The minimum Gasteiger partial charge on any atom is -0.493 e. The first kappa shape index (κ1) is 24.3. The first-order valence-electron chi connectivity index (χ1n) is 11.6. The number of para-hydroxylation sites is 1. The fraction of sp³-hybridized carbons (Fsp3) is 0.423. The van der Waals surface area contributed by atoms with Gasteiger partial charge in [0.15, 0.2) is 11.5 Å². The fourth-order valence-electron chi connectivity index (χ4n) is 5.42. The van der Waals surface area contributed by atoms with Crippen LogP contribution in [-0.4, -0.2) is 34.6 Å². The number of hydrogen-bond acceptors (Lipinski definition) is 5.